The van der Waals surface area contributed by atoms with E-state index in [1.165, 1.54) is 0 Å². The molecular weight excluding hydrogens is 440 g/mol. The van der Waals surface area contributed by atoms with Crippen LogP contribution in [0.1, 0.15) is 56.0 Å². The van der Waals surface area contributed by atoms with Crippen LogP contribution in [-0.2, 0) is 9.63 Å². The summed E-state index contributed by atoms with van der Waals surface area (Å²) in [6.45, 7) is 8.24. The van der Waals surface area contributed by atoms with Crippen LogP contribution < -0.4 is 10.1 Å². The number of aryl methyl sites for hydroxylation is 1. The molecule has 0 radical (unpaired) electrons. The lowest BCUT2D eigenvalue weighted by atomic mass is 9.64. The predicted molar refractivity (Wildman–Crippen MR) is 129 cm³/mol. The number of oxime groups is 1. The van der Waals surface area contributed by atoms with Gasteiger partial charge < -0.3 is 14.9 Å². The summed E-state index contributed by atoms with van der Waals surface area (Å²) in [7, 11) is 1.57. The molecule has 2 saturated carbocycles. The summed E-state index contributed by atoms with van der Waals surface area (Å²) in [6, 6.07) is 12.2. The van der Waals surface area contributed by atoms with Gasteiger partial charge in [-0.15, -0.1) is 0 Å². The number of amides is 1. The van der Waals surface area contributed by atoms with E-state index in [9.17, 15) is 9.59 Å². The molecule has 7 heteroatoms. The van der Waals surface area contributed by atoms with Gasteiger partial charge in [-0.05, 0) is 67.1 Å². The van der Waals surface area contributed by atoms with E-state index in [2.05, 4.69) is 31.2 Å². The zero-order chi connectivity index (χ0) is 24.0. The molecule has 33 heavy (non-hydrogen) atoms. The van der Waals surface area contributed by atoms with Gasteiger partial charge in [0.15, 0.2) is 0 Å². The Labute approximate surface area is 199 Å². The van der Waals surface area contributed by atoms with Crippen molar-refractivity contribution in [2.45, 2.75) is 47.0 Å². The Bertz CT molecular complexity index is 1140. The number of nitrogens with zero attached hydrogens (tertiary/aromatic N) is 1. The highest BCUT2D eigenvalue weighted by Gasteiger charge is 2.71. The van der Waals surface area contributed by atoms with Crippen molar-refractivity contribution in [3.63, 3.8) is 0 Å². The van der Waals surface area contributed by atoms with E-state index in [0.717, 1.165) is 24.1 Å². The van der Waals surface area contributed by atoms with Crippen LogP contribution in [0.5, 0.6) is 5.75 Å². The van der Waals surface area contributed by atoms with Crippen molar-refractivity contribution in [2.24, 2.45) is 21.4 Å². The molecule has 1 N–H and O–H groups in total. The Morgan fingerprint density at radius 2 is 1.76 bits per heavy atom. The lowest BCUT2D eigenvalue weighted by molar-refractivity contribution is -0.130. The third kappa shape index (κ3) is 3.61. The van der Waals surface area contributed by atoms with E-state index in [-0.39, 0.29) is 16.7 Å². The van der Waals surface area contributed by atoms with Crippen molar-refractivity contribution in [1.29, 1.82) is 0 Å². The summed E-state index contributed by atoms with van der Waals surface area (Å²) in [6.07, 6.45) is 1.98. The summed E-state index contributed by atoms with van der Waals surface area (Å²) < 4.78 is 5.12. The molecular formula is C26H29ClN2O4. The van der Waals surface area contributed by atoms with E-state index < -0.39 is 11.4 Å². The second-order valence-corrected chi connectivity index (χ2v) is 10.2. The van der Waals surface area contributed by atoms with E-state index in [1.54, 1.807) is 37.4 Å². The molecule has 4 rings (SSSR count). The number of anilines is 1. The number of ether oxygens (including phenoxy) is 1. The molecule has 2 aromatic carbocycles. The van der Waals surface area contributed by atoms with Crippen molar-refractivity contribution in [3.05, 3.63) is 58.6 Å². The van der Waals surface area contributed by atoms with Crippen LogP contribution in [0.4, 0.5) is 5.69 Å². The third-order valence-electron chi connectivity index (χ3n) is 8.16. The highest BCUT2D eigenvalue weighted by Crippen LogP contribution is 2.71. The van der Waals surface area contributed by atoms with Crippen molar-refractivity contribution in [3.8, 4) is 5.75 Å². The van der Waals surface area contributed by atoms with Crippen LogP contribution in [0.2, 0.25) is 5.02 Å². The number of benzene rings is 2. The first kappa shape index (κ1) is 23.3. The predicted octanol–water partition coefficient (Wildman–Crippen LogP) is 6.02. The number of hydrogen-bond acceptors (Lipinski definition) is 5. The molecule has 2 bridgehead atoms. The first-order chi connectivity index (χ1) is 15.5. The molecule has 0 spiro atoms. The van der Waals surface area contributed by atoms with Crippen LogP contribution in [0.25, 0.3) is 0 Å². The Morgan fingerprint density at radius 1 is 1.06 bits per heavy atom. The van der Waals surface area contributed by atoms with Crippen molar-refractivity contribution < 1.29 is 19.2 Å². The average Bonchev–Trinajstić information content (AvgIpc) is 3.10. The van der Waals surface area contributed by atoms with Gasteiger partial charge in [0.1, 0.15) is 5.75 Å². The van der Waals surface area contributed by atoms with Gasteiger partial charge in [0.05, 0.1) is 23.8 Å². The molecule has 2 aliphatic rings. The Hall–Kier alpha value is -2.86. The molecule has 2 fully saturated rings. The summed E-state index contributed by atoms with van der Waals surface area (Å²) in [5, 5.41) is 7.97. The molecule has 0 aromatic heterocycles. The Balaban J connectivity index is 1.56. The normalized spacial score (nSPS) is 26.3. The Kier molecular flexibility index (Phi) is 5.77. The highest BCUT2D eigenvalue weighted by atomic mass is 35.5. The fourth-order valence-electron chi connectivity index (χ4n) is 5.32. The van der Waals surface area contributed by atoms with E-state index >= 15 is 0 Å². The number of carbonyl (C=O) groups is 2. The topological polar surface area (TPSA) is 77.0 Å². The molecule has 2 aliphatic carbocycles. The minimum Gasteiger partial charge on any atom is -0.497 e. The molecule has 0 heterocycles. The smallest absolute Gasteiger partial charge is 0.365 e. The number of hydrogen-bond donors (Lipinski definition) is 1. The van der Waals surface area contributed by atoms with Crippen molar-refractivity contribution >= 4 is 34.9 Å². The molecule has 174 valence electrons. The maximum Gasteiger partial charge on any atom is 0.365 e. The maximum atomic E-state index is 13.6. The monoisotopic (exact) mass is 468 g/mol. The van der Waals surface area contributed by atoms with Gasteiger partial charge in [0, 0.05) is 22.5 Å². The van der Waals surface area contributed by atoms with Crippen LogP contribution in [0.15, 0.2) is 47.6 Å². The number of nitrogens with one attached hydrogen (secondary N) is 1. The lowest BCUT2D eigenvalue weighted by Gasteiger charge is -2.39. The molecule has 2 atom stereocenters. The minimum absolute atomic E-state index is 0.0529. The number of fused-ring (bicyclic) bond motifs is 2. The largest absolute Gasteiger partial charge is 0.497 e. The summed E-state index contributed by atoms with van der Waals surface area (Å²) >= 11 is 6.25. The van der Waals surface area contributed by atoms with Crippen LogP contribution in [-0.4, -0.2) is 24.7 Å². The van der Waals surface area contributed by atoms with Gasteiger partial charge >= 0.3 is 5.97 Å². The summed E-state index contributed by atoms with van der Waals surface area (Å²) in [5.41, 5.74) is 1.39. The van der Waals surface area contributed by atoms with E-state index in [0.29, 0.717) is 28.4 Å². The molecule has 0 saturated heterocycles. The second-order valence-electron chi connectivity index (χ2n) is 9.78. The fourth-order valence-corrected chi connectivity index (χ4v) is 5.50. The van der Waals surface area contributed by atoms with Crippen LogP contribution in [0.3, 0.4) is 0 Å². The molecule has 2 unspecified atom stereocenters. The zero-order valence-electron chi connectivity index (χ0n) is 19.6. The Morgan fingerprint density at radius 3 is 2.39 bits per heavy atom. The molecule has 6 nitrogen and oxygen atoms in total. The van der Waals surface area contributed by atoms with Gasteiger partial charge in [-0.2, -0.15) is 0 Å². The zero-order valence-corrected chi connectivity index (χ0v) is 20.4. The van der Waals surface area contributed by atoms with Crippen LogP contribution >= 0.6 is 11.6 Å². The average molecular weight is 469 g/mol. The van der Waals surface area contributed by atoms with E-state index in [4.69, 9.17) is 21.2 Å². The van der Waals surface area contributed by atoms with Gasteiger partial charge in [0.2, 0.25) is 5.91 Å². The highest BCUT2D eigenvalue weighted by molar-refractivity contribution is 6.31. The fraction of sp³-hybridized carbons (Fsp3) is 0.423. The third-order valence-corrected chi connectivity index (χ3v) is 8.57. The lowest BCUT2D eigenvalue weighted by Crippen LogP contribution is -2.43. The summed E-state index contributed by atoms with van der Waals surface area (Å²) in [5.74, 6) is 0.0630. The molecule has 2 aromatic rings. The van der Waals surface area contributed by atoms with Gasteiger partial charge in [0.25, 0.3) is 0 Å². The minimum atomic E-state index is -0.648. The summed E-state index contributed by atoms with van der Waals surface area (Å²) in [4.78, 5) is 31.4. The maximum absolute atomic E-state index is 13.6. The van der Waals surface area contributed by atoms with Crippen molar-refractivity contribution in [1.82, 2.24) is 0 Å². The first-order valence-corrected chi connectivity index (χ1v) is 11.4. The standard InChI is InChI=1S/C26H29ClN2O4/c1-16-6-9-18(14-20(16)27)28-23(31)26-13-12-25(4,24(26,2)3)21(15-26)29-33-22(30)17-7-10-19(32-5)11-8-17/h6-11,14H,12-13,15H2,1-5H3,(H,28,31)/b29-21-. The quantitative estimate of drug-likeness (QED) is 0.429. The number of methoxy groups -OCH3 is 1. The first-order valence-electron chi connectivity index (χ1n) is 11.0. The number of rotatable bonds is 5. The molecule has 0 aliphatic heterocycles. The SMILES string of the molecule is COc1ccc(C(=O)O/N=C2/CC3(C(=O)Nc4ccc(C)c(Cl)c4)CCC2(C)C3(C)C)cc1. The number of halogens is 1. The van der Waals surface area contributed by atoms with Gasteiger partial charge in [-0.1, -0.05) is 43.6 Å². The molecule has 1 amide bonds. The number of carbonyl (C=O) groups excluding carboxylic acids is 2. The van der Waals surface area contributed by atoms with Crippen LogP contribution in [0, 0.1) is 23.2 Å². The second kappa shape index (κ2) is 8.17. The van der Waals surface area contributed by atoms with E-state index in [1.807, 2.05) is 19.1 Å². The van der Waals surface area contributed by atoms with Gasteiger partial charge in [-0.3, -0.25) is 4.79 Å². The van der Waals surface area contributed by atoms with Gasteiger partial charge in [-0.25, -0.2) is 4.79 Å². The van der Waals surface area contributed by atoms with Crippen molar-refractivity contribution in [2.75, 3.05) is 12.4 Å².